The molecular weight excluding hydrogens is 296 g/mol. The lowest BCUT2D eigenvalue weighted by Gasteiger charge is -2.39. The van der Waals surface area contributed by atoms with E-state index in [1.54, 1.807) is 0 Å². The summed E-state index contributed by atoms with van der Waals surface area (Å²) < 4.78 is 7.09. The number of aromatic nitrogens is 3. The van der Waals surface area contributed by atoms with Gasteiger partial charge in [-0.2, -0.15) is 0 Å². The highest BCUT2D eigenvalue weighted by molar-refractivity contribution is 5.77. The van der Waals surface area contributed by atoms with Crippen LogP contribution in [-0.4, -0.2) is 63.3 Å². The molecule has 2 aliphatic rings. The van der Waals surface area contributed by atoms with Gasteiger partial charge in [-0.15, -0.1) is 5.10 Å². The number of carbonyl (C=O) groups is 1. The second-order valence-corrected chi connectivity index (χ2v) is 7.26. The van der Waals surface area contributed by atoms with Gasteiger partial charge in [0, 0.05) is 38.2 Å². The average Bonchev–Trinajstić information content (AvgIpc) is 3.03. The van der Waals surface area contributed by atoms with E-state index in [-0.39, 0.29) is 11.8 Å². The van der Waals surface area contributed by atoms with Crippen LogP contribution in [0.3, 0.4) is 0 Å². The van der Waals surface area contributed by atoms with Crippen LogP contribution in [0.1, 0.15) is 26.0 Å². The molecule has 0 bridgehead atoms. The van der Waals surface area contributed by atoms with Gasteiger partial charge in [-0.3, -0.25) is 9.48 Å². The van der Waals surface area contributed by atoms with Crippen molar-refractivity contribution in [3.63, 3.8) is 0 Å². The smallest absolute Gasteiger partial charge is 0.223 e. The molecule has 2 fully saturated rings. The summed E-state index contributed by atoms with van der Waals surface area (Å²) in [4.78, 5) is 14.0. The predicted octanol–water partition coefficient (Wildman–Crippen LogP) is 0.332. The Balaban J connectivity index is 1.40. The maximum Gasteiger partial charge on any atom is 0.223 e. The van der Waals surface area contributed by atoms with E-state index in [0.29, 0.717) is 31.5 Å². The molecule has 0 aromatic carbocycles. The Kier molecular flexibility index (Phi) is 4.96. The fraction of sp³-hybridized carbons (Fsp3) is 0.812. The van der Waals surface area contributed by atoms with Gasteiger partial charge in [0.05, 0.1) is 25.0 Å². The molecule has 7 nitrogen and oxygen atoms in total. The third kappa shape index (κ3) is 4.09. The van der Waals surface area contributed by atoms with E-state index in [4.69, 9.17) is 4.74 Å². The predicted molar refractivity (Wildman–Crippen MR) is 83.6 cm³/mol. The molecule has 3 heterocycles. The SMILES string of the molecule is CC(C)Cn1cc(CC2CN(C(=O)C[C@@H]3COC[C@H]3O)C2)nn1. The van der Waals surface area contributed by atoms with Crippen molar-refractivity contribution in [3.05, 3.63) is 11.9 Å². The lowest BCUT2D eigenvalue weighted by atomic mass is 9.93. The molecule has 2 aliphatic heterocycles. The monoisotopic (exact) mass is 322 g/mol. The van der Waals surface area contributed by atoms with Crippen molar-refractivity contribution < 1.29 is 14.6 Å². The van der Waals surface area contributed by atoms with Crippen LogP contribution < -0.4 is 0 Å². The van der Waals surface area contributed by atoms with Crippen LogP contribution in [0.15, 0.2) is 6.20 Å². The summed E-state index contributed by atoms with van der Waals surface area (Å²) in [5.74, 6) is 1.10. The van der Waals surface area contributed by atoms with Crippen molar-refractivity contribution >= 4 is 5.91 Å². The first-order valence-corrected chi connectivity index (χ1v) is 8.44. The molecule has 1 N–H and O–H groups in total. The number of carbonyl (C=O) groups excluding carboxylic acids is 1. The van der Waals surface area contributed by atoms with Crippen LogP contribution in [0, 0.1) is 17.8 Å². The third-order valence-corrected chi connectivity index (χ3v) is 4.55. The van der Waals surface area contributed by atoms with Gasteiger partial charge >= 0.3 is 0 Å². The Morgan fingerprint density at radius 2 is 2.22 bits per heavy atom. The summed E-state index contributed by atoms with van der Waals surface area (Å²) in [5.41, 5.74) is 1.00. The Morgan fingerprint density at radius 3 is 2.87 bits per heavy atom. The second kappa shape index (κ2) is 6.97. The third-order valence-electron chi connectivity index (χ3n) is 4.55. The lowest BCUT2D eigenvalue weighted by molar-refractivity contribution is -0.139. The van der Waals surface area contributed by atoms with Crippen LogP contribution in [0.25, 0.3) is 0 Å². The first kappa shape index (κ1) is 16.4. The first-order chi connectivity index (χ1) is 11.0. The quantitative estimate of drug-likeness (QED) is 0.816. The number of rotatable bonds is 6. The molecule has 0 unspecified atom stereocenters. The van der Waals surface area contributed by atoms with Gasteiger partial charge in [0.25, 0.3) is 0 Å². The Labute approximate surface area is 136 Å². The van der Waals surface area contributed by atoms with Crippen molar-refractivity contribution in [2.24, 2.45) is 17.8 Å². The largest absolute Gasteiger partial charge is 0.390 e. The lowest BCUT2D eigenvalue weighted by Crippen LogP contribution is -2.51. The molecular formula is C16H26N4O3. The maximum absolute atomic E-state index is 12.2. The number of likely N-dealkylation sites (tertiary alicyclic amines) is 1. The summed E-state index contributed by atoms with van der Waals surface area (Å²) in [6, 6.07) is 0. The number of nitrogens with zero attached hydrogens (tertiary/aromatic N) is 4. The topological polar surface area (TPSA) is 80.5 Å². The Morgan fingerprint density at radius 1 is 1.43 bits per heavy atom. The highest BCUT2D eigenvalue weighted by atomic mass is 16.5. The van der Waals surface area contributed by atoms with Gasteiger partial charge in [0.15, 0.2) is 0 Å². The van der Waals surface area contributed by atoms with Crippen LogP contribution >= 0.6 is 0 Å². The molecule has 0 aliphatic carbocycles. The molecule has 0 saturated carbocycles. The van der Waals surface area contributed by atoms with Crippen LogP contribution in [0.4, 0.5) is 0 Å². The van der Waals surface area contributed by atoms with E-state index in [1.165, 1.54) is 0 Å². The van der Waals surface area contributed by atoms with Gasteiger partial charge in [0.1, 0.15) is 0 Å². The number of hydrogen-bond acceptors (Lipinski definition) is 5. The minimum atomic E-state index is -0.494. The molecule has 1 aromatic heterocycles. The zero-order valence-corrected chi connectivity index (χ0v) is 13.9. The van der Waals surface area contributed by atoms with Crippen molar-refractivity contribution in [2.75, 3.05) is 26.3 Å². The van der Waals surface area contributed by atoms with Crippen LogP contribution in [-0.2, 0) is 22.5 Å². The van der Waals surface area contributed by atoms with Gasteiger partial charge in [-0.1, -0.05) is 19.1 Å². The fourth-order valence-electron chi connectivity index (χ4n) is 3.23. The van der Waals surface area contributed by atoms with Crippen molar-refractivity contribution in [3.8, 4) is 0 Å². The summed E-state index contributed by atoms with van der Waals surface area (Å²) >= 11 is 0. The minimum Gasteiger partial charge on any atom is -0.390 e. The van der Waals surface area contributed by atoms with Gasteiger partial charge in [0.2, 0.25) is 5.91 Å². The molecule has 0 spiro atoms. The normalized spacial score (nSPS) is 25.1. The molecule has 2 saturated heterocycles. The Bertz CT molecular complexity index is 539. The fourth-order valence-corrected chi connectivity index (χ4v) is 3.23. The van der Waals surface area contributed by atoms with E-state index in [2.05, 4.69) is 24.2 Å². The molecule has 1 amide bonds. The summed E-state index contributed by atoms with van der Waals surface area (Å²) in [7, 11) is 0. The van der Waals surface area contributed by atoms with Crippen LogP contribution in [0.2, 0.25) is 0 Å². The van der Waals surface area contributed by atoms with Gasteiger partial charge < -0.3 is 14.7 Å². The van der Waals surface area contributed by atoms with Gasteiger partial charge in [-0.05, 0) is 18.3 Å². The van der Waals surface area contributed by atoms with Crippen molar-refractivity contribution in [1.29, 1.82) is 0 Å². The number of aliphatic hydroxyl groups excluding tert-OH is 1. The highest BCUT2D eigenvalue weighted by Gasteiger charge is 2.35. The highest BCUT2D eigenvalue weighted by Crippen LogP contribution is 2.24. The molecule has 23 heavy (non-hydrogen) atoms. The zero-order valence-electron chi connectivity index (χ0n) is 13.9. The zero-order chi connectivity index (χ0) is 16.4. The van der Waals surface area contributed by atoms with E-state index in [0.717, 1.165) is 31.7 Å². The molecule has 7 heteroatoms. The average molecular weight is 322 g/mol. The van der Waals surface area contributed by atoms with Crippen LogP contribution in [0.5, 0.6) is 0 Å². The number of amides is 1. The Hall–Kier alpha value is -1.47. The first-order valence-electron chi connectivity index (χ1n) is 8.44. The molecule has 0 radical (unpaired) electrons. The summed E-state index contributed by atoms with van der Waals surface area (Å²) in [5, 5.41) is 18.1. The summed E-state index contributed by atoms with van der Waals surface area (Å²) in [6.45, 7) is 7.59. The molecule has 3 rings (SSSR count). The molecule has 2 atom stereocenters. The standard InChI is InChI=1S/C16H26N4O3/c1-11(2)5-20-8-14(17-18-20)3-12-6-19(7-12)16(22)4-13-9-23-10-15(13)21/h8,11-13,15,21H,3-7,9-10H2,1-2H3/t13-,15-/m1/s1. The van der Waals surface area contributed by atoms with E-state index in [1.807, 2.05) is 15.8 Å². The van der Waals surface area contributed by atoms with Crippen molar-refractivity contribution in [1.82, 2.24) is 19.9 Å². The number of hydrogen-bond donors (Lipinski definition) is 1. The molecule has 1 aromatic rings. The van der Waals surface area contributed by atoms with E-state index >= 15 is 0 Å². The summed E-state index contributed by atoms with van der Waals surface area (Å²) in [6.07, 6.45) is 2.78. The maximum atomic E-state index is 12.2. The second-order valence-electron chi connectivity index (χ2n) is 7.26. The van der Waals surface area contributed by atoms with E-state index < -0.39 is 6.10 Å². The minimum absolute atomic E-state index is 0.0440. The number of ether oxygens (including phenoxy) is 1. The van der Waals surface area contributed by atoms with Crippen molar-refractivity contribution in [2.45, 2.75) is 39.3 Å². The van der Waals surface area contributed by atoms with E-state index in [9.17, 15) is 9.90 Å². The molecule has 128 valence electrons. The number of aliphatic hydroxyl groups is 1. The van der Waals surface area contributed by atoms with Gasteiger partial charge in [-0.25, -0.2) is 0 Å².